The van der Waals surface area contributed by atoms with Gasteiger partial charge in [0.1, 0.15) is 5.82 Å². The Labute approximate surface area is 149 Å². The highest BCUT2D eigenvalue weighted by atomic mass is 16.1. The Morgan fingerprint density at radius 2 is 2.19 bits per heavy atom. The molecule has 1 aromatic carbocycles. The molecule has 1 fully saturated rings. The van der Waals surface area contributed by atoms with Crippen LogP contribution in [0.5, 0.6) is 0 Å². The molecule has 3 N–H and O–H groups in total. The molecule has 134 valence electrons. The third-order valence-electron chi connectivity index (χ3n) is 4.77. The molecule has 8 heteroatoms. The van der Waals surface area contributed by atoms with Gasteiger partial charge in [-0.15, -0.1) is 0 Å². The summed E-state index contributed by atoms with van der Waals surface area (Å²) in [5, 5.41) is 9.63. The van der Waals surface area contributed by atoms with E-state index in [1.165, 1.54) is 6.07 Å². The largest absolute Gasteiger partial charge is 0.350 e. The fraction of sp³-hybridized carbons (Fsp3) is 0.333. The molecule has 1 amide bonds. The standard InChI is InChI=1S/C18H20N6O2/c25-17-7-6-16(22-23-17)24-8-2-1-3-13(24)10-19-18(26)12-4-5-14-15(9-12)21-11-20-14/h4-7,9,11,13H,1-3,8,10H2,(H,19,26)(H,20,21)(H,23,25). The highest BCUT2D eigenvalue weighted by Gasteiger charge is 2.24. The number of H-pyrrole nitrogens is 2. The van der Waals surface area contributed by atoms with Crippen LogP contribution in [-0.2, 0) is 0 Å². The van der Waals surface area contributed by atoms with Crippen LogP contribution in [0.4, 0.5) is 5.82 Å². The molecule has 1 aliphatic rings. The number of benzene rings is 1. The minimum atomic E-state index is -0.218. The van der Waals surface area contributed by atoms with Gasteiger partial charge in [0.2, 0.25) is 0 Å². The Bertz CT molecular complexity index is 958. The number of hydrogen-bond acceptors (Lipinski definition) is 5. The molecule has 0 bridgehead atoms. The summed E-state index contributed by atoms with van der Waals surface area (Å²) in [7, 11) is 0. The lowest BCUT2D eigenvalue weighted by molar-refractivity contribution is 0.0949. The summed E-state index contributed by atoms with van der Waals surface area (Å²) in [4.78, 5) is 33.1. The quantitative estimate of drug-likeness (QED) is 0.659. The number of nitrogens with zero attached hydrogens (tertiary/aromatic N) is 3. The normalized spacial score (nSPS) is 17.4. The SMILES string of the molecule is O=C(NCC1CCCCN1c1ccc(=O)[nH]n1)c1ccc2nc[nH]c2c1. The van der Waals surface area contributed by atoms with E-state index in [1.54, 1.807) is 24.5 Å². The lowest BCUT2D eigenvalue weighted by Gasteiger charge is -2.36. The van der Waals surface area contributed by atoms with E-state index in [2.05, 4.69) is 30.4 Å². The summed E-state index contributed by atoms with van der Waals surface area (Å²) in [5.74, 6) is 0.629. The molecule has 1 atom stereocenters. The number of imidazole rings is 1. The summed E-state index contributed by atoms with van der Waals surface area (Å²) >= 11 is 0. The monoisotopic (exact) mass is 352 g/mol. The van der Waals surface area contributed by atoms with Gasteiger partial charge in [0.25, 0.3) is 11.5 Å². The zero-order valence-electron chi connectivity index (χ0n) is 14.2. The summed E-state index contributed by atoms with van der Waals surface area (Å²) < 4.78 is 0. The molecular formula is C18H20N6O2. The van der Waals surface area contributed by atoms with Gasteiger partial charge < -0.3 is 15.2 Å². The number of anilines is 1. The van der Waals surface area contributed by atoms with E-state index < -0.39 is 0 Å². The fourth-order valence-corrected chi connectivity index (χ4v) is 3.40. The number of fused-ring (bicyclic) bond motifs is 1. The Hall–Kier alpha value is -3.16. The number of carbonyl (C=O) groups excluding carboxylic acids is 1. The van der Waals surface area contributed by atoms with E-state index in [1.807, 2.05) is 6.07 Å². The highest BCUT2D eigenvalue weighted by molar-refractivity contribution is 5.97. The molecule has 1 aliphatic heterocycles. The maximum atomic E-state index is 12.5. The molecule has 1 saturated heterocycles. The topological polar surface area (TPSA) is 107 Å². The van der Waals surface area contributed by atoms with Gasteiger partial charge in [0, 0.05) is 30.8 Å². The minimum absolute atomic E-state index is 0.110. The van der Waals surface area contributed by atoms with Gasteiger partial charge in [-0.25, -0.2) is 10.1 Å². The first-order chi connectivity index (χ1) is 12.7. The van der Waals surface area contributed by atoms with Crippen molar-refractivity contribution in [1.29, 1.82) is 0 Å². The molecule has 2 aromatic heterocycles. The molecule has 26 heavy (non-hydrogen) atoms. The third kappa shape index (κ3) is 3.30. The van der Waals surface area contributed by atoms with Crippen molar-refractivity contribution in [1.82, 2.24) is 25.5 Å². The molecule has 8 nitrogen and oxygen atoms in total. The number of aromatic amines is 2. The molecule has 0 spiro atoms. The molecule has 0 aliphatic carbocycles. The van der Waals surface area contributed by atoms with Crippen molar-refractivity contribution in [3.8, 4) is 0 Å². The van der Waals surface area contributed by atoms with Crippen LogP contribution in [0.15, 0.2) is 41.5 Å². The molecule has 0 saturated carbocycles. The predicted molar refractivity (Wildman–Crippen MR) is 98.3 cm³/mol. The van der Waals surface area contributed by atoms with Gasteiger partial charge in [-0.1, -0.05) is 0 Å². The fourth-order valence-electron chi connectivity index (χ4n) is 3.40. The maximum Gasteiger partial charge on any atom is 0.264 e. The second-order valence-electron chi connectivity index (χ2n) is 6.47. The van der Waals surface area contributed by atoms with Crippen LogP contribution >= 0.6 is 0 Å². The van der Waals surface area contributed by atoms with Crippen molar-refractivity contribution in [2.24, 2.45) is 0 Å². The second kappa shape index (κ2) is 6.99. The Morgan fingerprint density at radius 1 is 1.27 bits per heavy atom. The van der Waals surface area contributed by atoms with Crippen LogP contribution in [-0.4, -0.2) is 45.2 Å². The number of nitrogens with one attached hydrogen (secondary N) is 3. The number of piperidine rings is 1. The van der Waals surface area contributed by atoms with Crippen molar-refractivity contribution in [3.05, 3.63) is 52.6 Å². The predicted octanol–water partition coefficient (Wildman–Crippen LogP) is 1.44. The number of rotatable bonds is 4. The zero-order chi connectivity index (χ0) is 17.9. The van der Waals surface area contributed by atoms with Gasteiger partial charge in [-0.2, -0.15) is 5.10 Å². The molecule has 0 radical (unpaired) electrons. The van der Waals surface area contributed by atoms with Crippen LogP contribution in [0.3, 0.4) is 0 Å². The van der Waals surface area contributed by atoms with Crippen LogP contribution < -0.4 is 15.8 Å². The van der Waals surface area contributed by atoms with Crippen molar-refractivity contribution in [3.63, 3.8) is 0 Å². The van der Waals surface area contributed by atoms with E-state index in [4.69, 9.17) is 0 Å². The number of aromatic nitrogens is 4. The van der Waals surface area contributed by atoms with E-state index in [0.717, 1.165) is 42.7 Å². The summed E-state index contributed by atoms with van der Waals surface area (Å²) in [6.45, 7) is 1.39. The third-order valence-corrected chi connectivity index (χ3v) is 4.77. The van der Waals surface area contributed by atoms with Crippen LogP contribution in [0.25, 0.3) is 11.0 Å². The summed E-state index contributed by atoms with van der Waals surface area (Å²) in [5.41, 5.74) is 2.06. The molecule has 3 aromatic rings. The van der Waals surface area contributed by atoms with E-state index in [0.29, 0.717) is 12.1 Å². The average Bonchev–Trinajstić information content (AvgIpc) is 3.15. The second-order valence-corrected chi connectivity index (χ2v) is 6.47. The van der Waals surface area contributed by atoms with Gasteiger partial charge in [0.15, 0.2) is 0 Å². The maximum absolute atomic E-state index is 12.5. The van der Waals surface area contributed by atoms with Crippen LogP contribution in [0.1, 0.15) is 29.6 Å². The van der Waals surface area contributed by atoms with Gasteiger partial charge >= 0.3 is 0 Å². The Kier molecular flexibility index (Phi) is 4.39. The smallest absolute Gasteiger partial charge is 0.264 e. The Morgan fingerprint density at radius 3 is 3.04 bits per heavy atom. The summed E-state index contributed by atoms with van der Waals surface area (Å²) in [6, 6.07) is 8.78. The van der Waals surface area contributed by atoms with Gasteiger partial charge in [-0.05, 0) is 43.5 Å². The van der Waals surface area contributed by atoms with Gasteiger partial charge in [0.05, 0.1) is 17.4 Å². The zero-order valence-corrected chi connectivity index (χ0v) is 14.2. The molecule has 4 rings (SSSR count). The average molecular weight is 352 g/mol. The lowest BCUT2D eigenvalue weighted by atomic mass is 10.0. The van der Waals surface area contributed by atoms with Crippen LogP contribution in [0.2, 0.25) is 0 Å². The van der Waals surface area contributed by atoms with Crippen molar-refractivity contribution in [2.45, 2.75) is 25.3 Å². The molecule has 3 heterocycles. The van der Waals surface area contributed by atoms with Crippen molar-refractivity contribution in [2.75, 3.05) is 18.0 Å². The lowest BCUT2D eigenvalue weighted by Crippen LogP contribution is -2.47. The van der Waals surface area contributed by atoms with Crippen molar-refractivity contribution >= 4 is 22.8 Å². The van der Waals surface area contributed by atoms with Gasteiger partial charge in [-0.3, -0.25) is 9.59 Å². The van der Waals surface area contributed by atoms with E-state index >= 15 is 0 Å². The van der Waals surface area contributed by atoms with Crippen LogP contribution in [0, 0.1) is 0 Å². The highest BCUT2D eigenvalue weighted by Crippen LogP contribution is 2.22. The summed E-state index contributed by atoms with van der Waals surface area (Å²) in [6.07, 6.45) is 4.77. The minimum Gasteiger partial charge on any atom is -0.350 e. The first kappa shape index (κ1) is 16.3. The van der Waals surface area contributed by atoms with Crippen molar-refractivity contribution < 1.29 is 4.79 Å². The van der Waals surface area contributed by atoms with E-state index in [-0.39, 0.29) is 17.5 Å². The molecule has 1 unspecified atom stereocenters. The van der Waals surface area contributed by atoms with E-state index in [9.17, 15) is 9.59 Å². The molecular weight excluding hydrogens is 332 g/mol. The first-order valence-electron chi connectivity index (χ1n) is 8.74. The Balaban J connectivity index is 1.45. The number of amides is 1. The number of hydrogen-bond donors (Lipinski definition) is 3. The number of carbonyl (C=O) groups is 1. The first-order valence-corrected chi connectivity index (χ1v) is 8.74.